The molecule has 2 N–H and O–H groups in total. The SMILES string of the molecule is CC(C(=O)O)N(C)C(=O)CNC(=O)C1CCCCC1. The Kier molecular flexibility index (Phi) is 5.79. The summed E-state index contributed by atoms with van der Waals surface area (Å²) in [5.41, 5.74) is 0. The van der Waals surface area contributed by atoms with Crippen molar-refractivity contribution in [2.24, 2.45) is 5.92 Å². The number of carboxylic acids is 1. The van der Waals surface area contributed by atoms with E-state index in [0.29, 0.717) is 0 Å². The second-order valence-corrected chi connectivity index (χ2v) is 5.07. The van der Waals surface area contributed by atoms with Crippen LogP contribution in [0.25, 0.3) is 0 Å². The molecule has 0 aromatic carbocycles. The number of rotatable bonds is 5. The Balaban J connectivity index is 2.36. The molecule has 2 amide bonds. The van der Waals surface area contributed by atoms with E-state index in [0.717, 1.165) is 30.6 Å². The highest BCUT2D eigenvalue weighted by atomic mass is 16.4. The number of likely N-dealkylation sites (N-methyl/N-ethyl adjacent to an activating group) is 1. The van der Waals surface area contributed by atoms with Gasteiger partial charge in [0.25, 0.3) is 0 Å². The van der Waals surface area contributed by atoms with Crippen molar-refractivity contribution in [2.45, 2.75) is 45.1 Å². The second-order valence-electron chi connectivity index (χ2n) is 5.07. The number of hydrogen-bond acceptors (Lipinski definition) is 3. The lowest BCUT2D eigenvalue weighted by atomic mass is 9.89. The van der Waals surface area contributed by atoms with Crippen LogP contribution in [0.5, 0.6) is 0 Å². The van der Waals surface area contributed by atoms with Crippen LogP contribution in [0.1, 0.15) is 39.0 Å². The Morgan fingerprint density at radius 2 is 1.84 bits per heavy atom. The van der Waals surface area contributed by atoms with Crippen LogP contribution in [0.4, 0.5) is 0 Å². The van der Waals surface area contributed by atoms with Gasteiger partial charge < -0.3 is 15.3 Å². The van der Waals surface area contributed by atoms with Gasteiger partial charge in [-0.1, -0.05) is 19.3 Å². The van der Waals surface area contributed by atoms with Gasteiger partial charge in [0.1, 0.15) is 6.04 Å². The van der Waals surface area contributed by atoms with Gasteiger partial charge in [-0.25, -0.2) is 4.79 Å². The lowest BCUT2D eigenvalue weighted by Gasteiger charge is -2.23. The Morgan fingerprint density at radius 3 is 2.37 bits per heavy atom. The van der Waals surface area contributed by atoms with Crippen LogP contribution in [0.3, 0.4) is 0 Å². The molecular weight excluding hydrogens is 248 g/mol. The fourth-order valence-corrected chi connectivity index (χ4v) is 2.18. The molecule has 6 heteroatoms. The van der Waals surface area contributed by atoms with Crippen LogP contribution >= 0.6 is 0 Å². The zero-order valence-corrected chi connectivity index (χ0v) is 11.5. The molecule has 0 aliphatic heterocycles. The van der Waals surface area contributed by atoms with Crippen LogP contribution in [-0.2, 0) is 14.4 Å². The lowest BCUT2D eigenvalue weighted by Crippen LogP contribution is -2.46. The molecule has 0 heterocycles. The quantitative estimate of drug-likeness (QED) is 0.766. The van der Waals surface area contributed by atoms with E-state index in [1.807, 2.05) is 0 Å². The van der Waals surface area contributed by atoms with Crippen LogP contribution in [0, 0.1) is 5.92 Å². The number of nitrogens with zero attached hydrogens (tertiary/aromatic N) is 1. The zero-order chi connectivity index (χ0) is 14.4. The molecule has 108 valence electrons. The van der Waals surface area contributed by atoms with E-state index in [-0.39, 0.29) is 24.3 Å². The first kappa shape index (κ1) is 15.5. The standard InChI is InChI=1S/C13H22N2O4/c1-9(13(18)19)15(2)11(16)8-14-12(17)10-6-4-3-5-7-10/h9-10H,3-8H2,1-2H3,(H,14,17)(H,18,19). The number of nitrogens with one attached hydrogen (secondary N) is 1. The molecule has 6 nitrogen and oxygen atoms in total. The fourth-order valence-electron chi connectivity index (χ4n) is 2.18. The minimum Gasteiger partial charge on any atom is -0.480 e. The van der Waals surface area contributed by atoms with E-state index < -0.39 is 12.0 Å². The molecule has 0 spiro atoms. The van der Waals surface area contributed by atoms with E-state index in [1.165, 1.54) is 20.4 Å². The average Bonchev–Trinajstić information content (AvgIpc) is 2.43. The van der Waals surface area contributed by atoms with Gasteiger partial charge in [-0.05, 0) is 19.8 Å². The summed E-state index contributed by atoms with van der Waals surface area (Å²) in [6.07, 6.45) is 5.04. The van der Waals surface area contributed by atoms with Gasteiger partial charge in [-0.15, -0.1) is 0 Å². The second kappa shape index (κ2) is 7.11. The number of aliphatic carboxylic acids is 1. The van der Waals surface area contributed by atoms with Crippen LogP contribution in [-0.4, -0.2) is 47.4 Å². The maximum Gasteiger partial charge on any atom is 0.326 e. The van der Waals surface area contributed by atoms with Crippen molar-refractivity contribution in [3.8, 4) is 0 Å². The van der Waals surface area contributed by atoms with E-state index in [1.54, 1.807) is 0 Å². The molecule has 0 aromatic rings. The molecule has 0 bridgehead atoms. The van der Waals surface area contributed by atoms with Gasteiger partial charge >= 0.3 is 5.97 Å². The highest BCUT2D eigenvalue weighted by Gasteiger charge is 2.24. The molecule has 1 rings (SSSR count). The average molecular weight is 270 g/mol. The molecule has 0 radical (unpaired) electrons. The molecule has 19 heavy (non-hydrogen) atoms. The lowest BCUT2D eigenvalue weighted by molar-refractivity contribution is -0.148. The van der Waals surface area contributed by atoms with E-state index in [9.17, 15) is 14.4 Å². The van der Waals surface area contributed by atoms with Gasteiger partial charge in [0.05, 0.1) is 6.54 Å². The molecule has 1 aliphatic rings. The monoisotopic (exact) mass is 270 g/mol. The summed E-state index contributed by atoms with van der Waals surface area (Å²) in [6, 6.07) is -0.890. The third kappa shape index (κ3) is 4.54. The van der Waals surface area contributed by atoms with Crippen LogP contribution in [0.15, 0.2) is 0 Å². The number of amides is 2. The number of carbonyl (C=O) groups is 3. The predicted octanol–water partition coefficient (Wildman–Crippen LogP) is 0.614. The first-order valence-corrected chi connectivity index (χ1v) is 6.69. The summed E-state index contributed by atoms with van der Waals surface area (Å²) >= 11 is 0. The molecule has 0 aromatic heterocycles. The normalized spacial score (nSPS) is 17.6. The Morgan fingerprint density at radius 1 is 1.26 bits per heavy atom. The van der Waals surface area contributed by atoms with Crippen LogP contribution in [0.2, 0.25) is 0 Å². The molecule has 1 fully saturated rings. The van der Waals surface area contributed by atoms with E-state index >= 15 is 0 Å². The smallest absolute Gasteiger partial charge is 0.326 e. The predicted molar refractivity (Wildman–Crippen MR) is 69.5 cm³/mol. The molecule has 1 atom stereocenters. The van der Waals surface area contributed by atoms with Crippen molar-refractivity contribution in [1.82, 2.24) is 10.2 Å². The van der Waals surface area contributed by atoms with Gasteiger partial charge in [0, 0.05) is 13.0 Å². The fraction of sp³-hybridized carbons (Fsp3) is 0.769. The van der Waals surface area contributed by atoms with Crippen molar-refractivity contribution >= 4 is 17.8 Å². The number of carbonyl (C=O) groups excluding carboxylic acids is 2. The summed E-state index contributed by atoms with van der Waals surface area (Å²) in [4.78, 5) is 35.4. The number of hydrogen-bond donors (Lipinski definition) is 2. The van der Waals surface area contributed by atoms with Crippen molar-refractivity contribution in [3.05, 3.63) is 0 Å². The molecular formula is C13H22N2O4. The Labute approximate surface area is 113 Å². The largest absolute Gasteiger partial charge is 0.480 e. The molecule has 1 saturated carbocycles. The molecule has 1 aliphatic carbocycles. The van der Waals surface area contributed by atoms with Crippen molar-refractivity contribution in [1.29, 1.82) is 0 Å². The summed E-state index contributed by atoms with van der Waals surface area (Å²) in [5, 5.41) is 11.4. The zero-order valence-electron chi connectivity index (χ0n) is 11.5. The molecule has 0 saturated heterocycles. The highest BCUT2D eigenvalue weighted by molar-refractivity contribution is 5.88. The Bertz CT molecular complexity index is 351. The van der Waals surface area contributed by atoms with Crippen LogP contribution < -0.4 is 5.32 Å². The number of carboxylic acid groups (broad SMARTS) is 1. The summed E-state index contributed by atoms with van der Waals surface area (Å²) < 4.78 is 0. The first-order valence-electron chi connectivity index (χ1n) is 6.69. The maximum atomic E-state index is 11.8. The minimum atomic E-state index is -1.06. The minimum absolute atomic E-state index is 0.00348. The third-order valence-electron chi connectivity index (χ3n) is 3.72. The van der Waals surface area contributed by atoms with E-state index in [2.05, 4.69) is 5.32 Å². The van der Waals surface area contributed by atoms with Gasteiger partial charge in [-0.2, -0.15) is 0 Å². The summed E-state index contributed by atoms with van der Waals surface area (Å²) in [6.45, 7) is 1.30. The van der Waals surface area contributed by atoms with Gasteiger partial charge in [0.15, 0.2) is 0 Å². The Hall–Kier alpha value is -1.59. The summed E-state index contributed by atoms with van der Waals surface area (Å²) in [7, 11) is 1.42. The third-order valence-corrected chi connectivity index (χ3v) is 3.72. The highest BCUT2D eigenvalue weighted by Crippen LogP contribution is 2.23. The maximum absolute atomic E-state index is 11.8. The van der Waals surface area contributed by atoms with Crippen molar-refractivity contribution in [2.75, 3.05) is 13.6 Å². The first-order chi connectivity index (χ1) is 8.93. The topological polar surface area (TPSA) is 86.7 Å². The van der Waals surface area contributed by atoms with E-state index in [4.69, 9.17) is 5.11 Å². The van der Waals surface area contributed by atoms with Crippen molar-refractivity contribution in [3.63, 3.8) is 0 Å². The van der Waals surface area contributed by atoms with Gasteiger partial charge in [0.2, 0.25) is 11.8 Å². The summed E-state index contributed by atoms with van der Waals surface area (Å²) in [5.74, 6) is -1.54. The van der Waals surface area contributed by atoms with Crippen molar-refractivity contribution < 1.29 is 19.5 Å². The molecule has 1 unspecified atom stereocenters. The van der Waals surface area contributed by atoms with Gasteiger partial charge in [-0.3, -0.25) is 9.59 Å².